The molecule has 0 amide bonds. The van der Waals surface area contributed by atoms with Crippen molar-refractivity contribution < 1.29 is 4.74 Å². The van der Waals surface area contributed by atoms with Gasteiger partial charge in [-0.05, 0) is 13.5 Å². The summed E-state index contributed by atoms with van der Waals surface area (Å²) >= 11 is 0. The van der Waals surface area contributed by atoms with E-state index in [1.807, 2.05) is 7.05 Å². The molecular weight excluding hydrogens is 116 g/mol. The number of hydrogen-bond donors (Lipinski definition) is 1. The zero-order chi connectivity index (χ0) is 6.27. The van der Waals surface area contributed by atoms with E-state index in [1.54, 1.807) is 0 Å². The van der Waals surface area contributed by atoms with Crippen LogP contribution in [0.5, 0.6) is 0 Å². The van der Waals surface area contributed by atoms with E-state index in [-0.39, 0.29) is 0 Å². The van der Waals surface area contributed by atoms with Crippen molar-refractivity contribution in [1.82, 2.24) is 10.4 Å². The van der Waals surface area contributed by atoms with E-state index in [9.17, 15) is 0 Å². The van der Waals surface area contributed by atoms with E-state index in [1.165, 1.54) is 6.42 Å². The molecule has 0 spiro atoms. The van der Waals surface area contributed by atoms with Crippen LogP contribution in [0.15, 0.2) is 0 Å². The fourth-order valence-corrected chi connectivity index (χ4v) is 1.41. The highest BCUT2D eigenvalue weighted by Crippen LogP contribution is 2.32. The summed E-state index contributed by atoms with van der Waals surface area (Å²) in [6, 6.07) is 0.684. The summed E-state index contributed by atoms with van der Waals surface area (Å²) in [5.74, 6) is 0. The van der Waals surface area contributed by atoms with Gasteiger partial charge < -0.3 is 4.74 Å². The first-order valence-corrected chi connectivity index (χ1v) is 3.47. The van der Waals surface area contributed by atoms with Crippen molar-refractivity contribution in [2.75, 3.05) is 20.2 Å². The molecular formula is C6H12N2O. The number of ether oxygens (including phenoxy) is 1. The standard InChI is InChI=1S/C6H12N2O/c1-7-8-2-3-9-6-4-5(6)8/h5-7H,2-4H2,1H3. The summed E-state index contributed by atoms with van der Waals surface area (Å²) in [5, 5.41) is 2.26. The van der Waals surface area contributed by atoms with Crippen molar-refractivity contribution in [2.45, 2.75) is 18.6 Å². The molecule has 1 saturated heterocycles. The molecule has 9 heavy (non-hydrogen) atoms. The minimum Gasteiger partial charge on any atom is -0.375 e. The van der Waals surface area contributed by atoms with Crippen LogP contribution >= 0.6 is 0 Å². The van der Waals surface area contributed by atoms with Gasteiger partial charge in [0.05, 0.1) is 18.8 Å². The van der Waals surface area contributed by atoms with Crippen molar-refractivity contribution >= 4 is 0 Å². The van der Waals surface area contributed by atoms with Gasteiger partial charge in [-0.3, -0.25) is 5.43 Å². The molecule has 2 unspecified atom stereocenters. The van der Waals surface area contributed by atoms with E-state index < -0.39 is 0 Å². The first kappa shape index (κ1) is 5.65. The molecule has 0 bridgehead atoms. The van der Waals surface area contributed by atoms with Crippen LogP contribution in [-0.2, 0) is 4.74 Å². The molecule has 0 aromatic carbocycles. The summed E-state index contributed by atoms with van der Waals surface area (Å²) in [7, 11) is 1.97. The Bertz CT molecular complexity index is 118. The summed E-state index contributed by atoms with van der Waals surface area (Å²) in [4.78, 5) is 0. The van der Waals surface area contributed by atoms with Gasteiger partial charge in [-0.2, -0.15) is 0 Å². The summed E-state index contributed by atoms with van der Waals surface area (Å²) < 4.78 is 5.40. The lowest BCUT2D eigenvalue weighted by Gasteiger charge is -2.24. The third kappa shape index (κ3) is 0.852. The molecule has 1 heterocycles. The fraction of sp³-hybridized carbons (Fsp3) is 1.00. The maximum Gasteiger partial charge on any atom is 0.0762 e. The monoisotopic (exact) mass is 128 g/mol. The molecule has 0 radical (unpaired) electrons. The molecule has 1 aliphatic carbocycles. The third-order valence-corrected chi connectivity index (χ3v) is 2.05. The maximum absolute atomic E-state index is 5.40. The average molecular weight is 128 g/mol. The summed E-state index contributed by atoms with van der Waals surface area (Å²) in [6.07, 6.45) is 1.77. The van der Waals surface area contributed by atoms with Gasteiger partial charge >= 0.3 is 0 Å². The number of fused-ring (bicyclic) bond motifs is 1. The molecule has 3 nitrogen and oxygen atoms in total. The number of hydrazine groups is 1. The summed E-state index contributed by atoms with van der Waals surface area (Å²) in [5.41, 5.74) is 3.15. The Morgan fingerprint density at radius 1 is 1.67 bits per heavy atom. The first-order valence-electron chi connectivity index (χ1n) is 3.47. The molecule has 52 valence electrons. The van der Waals surface area contributed by atoms with Crippen LogP contribution in [0.3, 0.4) is 0 Å². The number of rotatable bonds is 1. The maximum atomic E-state index is 5.40. The van der Waals surface area contributed by atoms with E-state index in [0.29, 0.717) is 12.1 Å². The molecule has 0 aromatic rings. The molecule has 1 saturated carbocycles. The predicted molar refractivity (Wildman–Crippen MR) is 33.9 cm³/mol. The van der Waals surface area contributed by atoms with Crippen molar-refractivity contribution in [1.29, 1.82) is 0 Å². The lowest BCUT2D eigenvalue weighted by molar-refractivity contribution is 0.0120. The van der Waals surface area contributed by atoms with Gasteiger partial charge in [-0.25, -0.2) is 5.01 Å². The zero-order valence-electron chi connectivity index (χ0n) is 5.63. The highest BCUT2D eigenvalue weighted by molar-refractivity contribution is 4.97. The molecule has 2 rings (SSSR count). The quantitative estimate of drug-likeness (QED) is 0.519. The number of hydrogen-bond acceptors (Lipinski definition) is 3. The van der Waals surface area contributed by atoms with Gasteiger partial charge in [0.1, 0.15) is 0 Å². The van der Waals surface area contributed by atoms with E-state index in [2.05, 4.69) is 10.4 Å². The molecule has 0 aromatic heterocycles. The Morgan fingerprint density at radius 2 is 2.56 bits per heavy atom. The van der Waals surface area contributed by atoms with Gasteiger partial charge in [0, 0.05) is 6.54 Å². The van der Waals surface area contributed by atoms with Crippen molar-refractivity contribution in [3.05, 3.63) is 0 Å². The largest absolute Gasteiger partial charge is 0.375 e. The van der Waals surface area contributed by atoms with Crippen LogP contribution < -0.4 is 5.43 Å². The lowest BCUT2D eigenvalue weighted by atomic mass is 10.5. The second-order valence-electron chi connectivity index (χ2n) is 2.63. The average Bonchev–Trinajstić information content (AvgIpc) is 2.64. The second kappa shape index (κ2) is 1.94. The third-order valence-electron chi connectivity index (χ3n) is 2.05. The molecule has 2 aliphatic rings. The van der Waals surface area contributed by atoms with E-state index >= 15 is 0 Å². The Labute approximate surface area is 54.9 Å². The van der Waals surface area contributed by atoms with Gasteiger partial charge in [0.25, 0.3) is 0 Å². The fourth-order valence-electron chi connectivity index (χ4n) is 1.41. The van der Waals surface area contributed by atoms with Gasteiger partial charge in [0.15, 0.2) is 0 Å². The highest BCUT2D eigenvalue weighted by atomic mass is 16.5. The predicted octanol–water partition coefficient (Wildman–Crippen LogP) is -0.406. The van der Waals surface area contributed by atoms with Gasteiger partial charge in [-0.1, -0.05) is 0 Å². The van der Waals surface area contributed by atoms with Crippen LogP contribution in [0.4, 0.5) is 0 Å². The van der Waals surface area contributed by atoms with Crippen molar-refractivity contribution in [3.8, 4) is 0 Å². The second-order valence-corrected chi connectivity index (χ2v) is 2.63. The minimum atomic E-state index is 0.547. The topological polar surface area (TPSA) is 24.5 Å². The SMILES string of the molecule is CNN1CCOC2CC21. The smallest absolute Gasteiger partial charge is 0.0762 e. The van der Waals surface area contributed by atoms with Crippen molar-refractivity contribution in [2.24, 2.45) is 0 Å². The first-order chi connectivity index (χ1) is 4.42. The molecule has 1 aliphatic heterocycles. The molecule has 2 atom stereocenters. The highest BCUT2D eigenvalue weighted by Gasteiger charge is 2.45. The Hall–Kier alpha value is -0.120. The van der Waals surface area contributed by atoms with Crippen LogP contribution in [0, 0.1) is 0 Å². The lowest BCUT2D eigenvalue weighted by Crippen LogP contribution is -2.44. The number of nitrogens with one attached hydrogen (secondary N) is 1. The normalized spacial score (nSPS) is 42.3. The Kier molecular flexibility index (Phi) is 1.22. The zero-order valence-corrected chi connectivity index (χ0v) is 5.63. The minimum absolute atomic E-state index is 0.547. The van der Waals surface area contributed by atoms with E-state index in [4.69, 9.17) is 4.74 Å². The van der Waals surface area contributed by atoms with E-state index in [0.717, 1.165) is 13.2 Å². The van der Waals surface area contributed by atoms with Crippen molar-refractivity contribution in [3.63, 3.8) is 0 Å². The summed E-state index contributed by atoms with van der Waals surface area (Å²) in [6.45, 7) is 1.93. The molecule has 3 heteroatoms. The number of nitrogens with zero attached hydrogens (tertiary/aromatic N) is 1. The number of morpholine rings is 1. The van der Waals surface area contributed by atoms with Gasteiger partial charge in [-0.15, -0.1) is 0 Å². The van der Waals surface area contributed by atoms with Crippen LogP contribution in [-0.4, -0.2) is 37.4 Å². The molecule has 2 fully saturated rings. The Morgan fingerprint density at radius 3 is 3.22 bits per heavy atom. The van der Waals surface area contributed by atoms with Crippen LogP contribution in [0.2, 0.25) is 0 Å². The van der Waals surface area contributed by atoms with Gasteiger partial charge in [0.2, 0.25) is 0 Å². The van der Waals surface area contributed by atoms with Crippen LogP contribution in [0.25, 0.3) is 0 Å². The molecule has 1 N–H and O–H groups in total. The van der Waals surface area contributed by atoms with Crippen LogP contribution in [0.1, 0.15) is 6.42 Å². The Balaban J connectivity index is 1.93.